The van der Waals surface area contributed by atoms with E-state index in [4.69, 9.17) is 4.74 Å². The lowest BCUT2D eigenvalue weighted by atomic mass is 10.1. The maximum atomic E-state index is 11.7. The highest BCUT2D eigenvalue weighted by atomic mass is 32.2. The number of aromatic nitrogens is 2. The van der Waals surface area contributed by atoms with E-state index in [1.807, 2.05) is 18.2 Å². The molecule has 1 atom stereocenters. The van der Waals surface area contributed by atoms with Gasteiger partial charge in [-0.2, -0.15) is 0 Å². The van der Waals surface area contributed by atoms with Crippen LogP contribution in [-0.2, 0) is 21.2 Å². The molecule has 1 unspecified atom stereocenters. The van der Waals surface area contributed by atoms with E-state index in [1.165, 1.54) is 0 Å². The van der Waals surface area contributed by atoms with Crippen molar-refractivity contribution < 1.29 is 13.2 Å². The molecule has 6 nitrogen and oxygen atoms in total. The molecule has 1 saturated heterocycles. The Morgan fingerprint density at radius 1 is 1.26 bits per heavy atom. The third-order valence-electron chi connectivity index (χ3n) is 4.72. The van der Waals surface area contributed by atoms with Gasteiger partial charge in [-0.15, -0.1) is 11.3 Å². The minimum absolute atomic E-state index is 0.115. The van der Waals surface area contributed by atoms with Crippen molar-refractivity contribution in [1.82, 2.24) is 9.97 Å². The molecule has 0 radical (unpaired) electrons. The van der Waals surface area contributed by atoms with Gasteiger partial charge in [-0.05, 0) is 17.9 Å². The summed E-state index contributed by atoms with van der Waals surface area (Å²) in [6.07, 6.45) is 0.698. The molecule has 27 heavy (non-hydrogen) atoms. The van der Waals surface area contributed by atoms with E-state index < -0.39 is 9.84 Å². The van der Waals surface area contributed by atoms with Gasteiger partial charge < -0.3 is 10.1 Å². The van der Waals surface area contributed by atoms with Gasteiger partial charge in [-0.25, -0.2) is 18.4 Å². The monoisotopic (exact) mass is 403 g/mol. The Kier molecular flexibility index (Phi) is 5.12. The minimum Gasteiger partial charge on any atom is -0.377 e. The summed E-state index contributed by atoms with van der Waals surface area (Å²) in [5.41, 5.74) is 2.19. The average molecular weight is 404 g/mol. The molecule has 1 aliphatic heterocycles. The van der Waals surface area contributed by atoms with Crippen LogP contribution in [0.2, 0.25) is 0 Å². The molecule has 2 aromatic heterocycles. The zero-order valence-electron chi connectivity index (χ0n) is 15.0. The summed E-state index contributed by atoms with van der Waals surface area (Å²) in [4.78, 5) is 10.2. The summed E-state index contributed by atoms with van der Waals surface area (Å²) < 4.78 is 28.7. The van der Waals surface area contributed by atoms with E-state index in [-0.39, 0.29) is 17.4 Å². The van der Waals surface area contributed by atoms with E-state index in [1.54, 1.807) is 18.4 Å². The first-order chi connectivity index (χ1) is 13.1. The van der Waals surface area contributed by atoms with Crippen LogP contribution in [0, 0.1) is 5.92 Å². The third kappa shape index (κ3) is 3.97. The van der Waals surface area contributed by atoms with E-state index in [0.717, 1.165) is 27.2 Å². The molecule has 0 amide bonds. The van der Waals surface area contributed by atoms with Gasteiger partial charge in [0.1, 0.15) is 17.3 Å². The zero-order valence-corrected chi connectivity index (χ0v) is 16.6. The van der Waals surface area contributed by atoms with Crippen LogP contribution in [0.15, 0.2) is 35.7 Å². The van der Waals surface area contributed by atoms with Crippen molar-refractivity contribution in [2.75, 3.05) is 30.5 Å². The lowest BCUT2D eigenvalue weighted by Gasteiger charge is -2.13. The molecule has 1 aliphatic rings. The fraction of sp³-hybridized carbons (Fsp3) is 0.368. The number of hydrogen-bond donors (Lipinski definition) is 1. The number of nitrogens with one attached hydrogen (secondary N) is 1. The Morgan fingerprint density at radius 3 is 2.78 bits per heavy atom. The number of ether oxygens (including phenoxy) is 1. The number of sulfone groups is 1. The van der Waals surface area contributed by atoms with Crippen LogP contribution in [-0.4, -0.2) is 43.5 Å². The van der Waals surface area contributed by atoms with Gasteiger partial charge in [-0.3, -0.25) is 0 Å². The van der Waals surface area contributed by atoms with Gasteiger partial charge in [0.2, 0.25) is 0 Å². The maximum Gasteiger partial charge on any atom is 0.158 e. The molecule has 142 valence electrons. The molecule has 1 fully saturated rings. The highest BCUT2D eigenvalue weighted by Crippen LogP contribution is 2.37. The van der Waals surface area contributed by atoms with E-state index in [2.05, 4.69) is 32.8 Å². The number of nitrogens with zero attached hydrogens (tertiary/aromatic N) is 2. The van der Waals surface area contributed by atoms with Gasteiger partial charge in [0.25, 0.3) is 0 Å². The molecule has 1 N–H and O–H groups in total. The number of methoxy groups -OCH3 is 1. The number of anilines is 1. The Bertz CT molecular complexity index is 1050. The second-order valence-electron chi connectivity index (χ2n) is 6.77. The normalized spacial score (nSPS) is 18.8. The summed E-state index contributed by atoms with van der Waals surface area (Å²) in [6, 6.07) is 10.1. The zero-order chi connectivity index (χ0) is 18.9. The van der Waals surface area contributed by atoms with Crippen molar-refractivity contribution in [1.29, 1.82) is 0 Å². The Labute approximate surface area is 162 Å². The van der Waals surface area contributed by atoms with Gasteiger partial charge >= 0.3 is 0 Å². The summed E-state index contributed by atoms with van der Waals surface area (Å²) >= 11 is 1.58. The van der Waals surface area contributed by atoms with Crippen molar-refractivity contribution in [2.45, 2.75) is 13.0 Å². The summed E-state index contributed by atoms with van der Waals surface area (Å²) in [7, 11) is -1.27. The predicted molar refractivity (Wildman–Crippen MR) is 109 cm³/mol. The first kappa shape index (κ1) is 18.3. The predicted octanol–water partition coefficient (Wildman–Crippen LogP) is 3.35. The van der Waals surface area contributed by atoms with Crippen molar-refractivity contribution >= 4 is 37.2 Å². The second kappa shape index (κ2) is 7.53. The van der Waals surface area contributed by atoms with E-state index in [9.17, 15) is 8.42 Å². The average Bonchev–Trinajstić information content (AvgIpc) is 3.23. The summed E-state index contributed by atoms with van der Waals surface area (Å²) in [5.74, 6) is 2.00. The SMILES string of the molecule is COCc1nc(NCC2CCS(=O)(=O)C2)c2c(-c3ccccc3)csc2n1. The fourth-order valence-corrected chi connectivity index (χ4v) is 6.24. The van der Waals surface area contributed by atoms with Crippen LogP contribution in [0.3, 0.4) is 0 Å². The molecule has 0 spiro atoms. The fourth-order valence-electron chi connectivity index (χ4n) is 3.41. The van der Waals surface area contributed by atoms with Crippen LogP contribution in [0.4, 0.5) is 5.82 Å². The highest BCUT2D eigenvalue weighted by Gasteiger charge is 2.28. The minimum atomic E-state index is -2.89. The van der Waals surface area contributed by atoms with Crippen molar-refractivity contribution in [3.63, 3.8) is 0 Å². The quantitative estimate of drug-likeness (QED) is 0.680. The Morgan fingerprint density at radius 2 is 2.07 bits per heavy atom. The van der Waals surface area contributed by atoms with Crippen LogP contribution in [0.1, 0.15) is 12.2 Å². The molecule has 3 heterocycles. The molecular formula is C19H21N3O3S2. The van der Waals surface area contributed by atoms with Crippen molar-refractivity contribution in [2.24, 2.45) is 5.92 Å². The van der Waals surface area contributed by atoms with Crippen molar-refractivity contribution in [3.05, 3.63) is 41.5 Å². The van der Waals surface area contributed by atoms with E-state index >= 15 is 0 Å². The first-order valence-electron chi connectivity index (χ1n) is 8.82. The lowest BCUT2D eigenvalue weighted by Crippen LogP contribution is -2.17. The summed E-state index contributed by atoms with van der Waals surface area (Å²) in [5, 5.41) is 6.47. The third-order valence-corrected chi connectivity index (χ3v) is 7.43. The second-order valence-corrected chi connectivity index (χ2v) is 9.85. The van der Waals surface area contributed by atoms with Gasteiger partial charge in [0, 0.05) is 24.6 Å². The summed E-state index contributed by atoms with van der Waals surface area (Å²) in [6.45, 7) is 0.919. The maximum absolute atomic E-state index is 11.7. The van der Waals surface area contributed by atoms with E-state index in [0.29, 0.717) is 25.4 Å². The number of thiophene rings is 1. The number of hydrogen-bond acceptors (Lipinski definition) is 7. The number of rotatable bonds is 6. The Hall–Kier alpha value is -2.03. The molecule has 8 heteroatoms. The van der Waals surface area contributed by atoms with Gasteiger partial charge in [-0.1, -0.05) is 30.3 Å². The largest absolute Gasteiger partial charge is 0.377 e. The van der Waals surface area contributed by atoms with Crippen LogP contribution in [0.25, 0.3) is 21.3 Å². The molecule has 4 rings (SSSR count). The molecule has 0 bridgehead atoms. The topological polar surface area (TPSA) is 81.2 Å². The first-order valence-corrected chi connectivity index (χ1v) is 11.5. The van der Waals surface area contributed by atoms with Crippen LogP contribution in [0.5, 0.6) is 0 Å². The van der Waals surface area contributed by atoms with Gasteiger partial charge in [0.05, 0.1) is 16.9 Å². The lowest BCUT2D eigenvalue weighted by molar-refractivity contribution is 0.178. The standard InChI is InChI=1S/C19H21N3O3S2/c1-25-10-16-21-18(20-9-13-7-8-27(23,24)12-13)17-15(11-26-19(17)22-16)14-5-3-2-4-6-14/h2-6,11,13H,7-10,12H2,1H3,(H,20,21,22). The smallest absolute Gasteiger partial charge is 0.158 e. The molecule has 3 aromatic rings. The molecule has 1 aromatic carbocycles. The number of fused-ring (bicyclic) bond motifs is 1. The van der Waals surface area contributed by atoms with Crippen LogP contribution >= 0.6 is 11.3 Å². The molecule has 0 aliphatic carbocycles. The Balaban J connectivity index is 1.71. The van der Waals surface area contributed by atoms with Crippen LogP contribution < -0.4 is 5.32 Å². The molecular weight excluding hydrogens is 382 g/mol. The highest BCUT2D eigenvalue weighted by molar-refractivity contribution is 7.91. The number of benzene rings is 1. The van der Waals surface area contributed by atoms with Gasteiger partial charge in [0.15, 0.2) is 15.7 Å². The molecule has 0 saturated carbocycles. The van der Waals surface area contributed by atoms with Crippen molar-refractivity contribution in [3.8, 4) is 11.1 Å².